The van der Waals surface area contributed by atoms with Crippen LogP contribution >= 0.6 is 0 Å². The molecule has 0 amide bonds. The fraction of sp³-hybridized carbons (Fsp3) is 0.360. The van der Waals surface area contributed by atoms with Crippen LogP contribution < -0.4 is 11.3 Å². The number of H-pyrrole nitrogens is 1. The molecule has 0 saturated carbocycles. The largest absolute Gasteiger partial charge is 0.423 e. The number of carbonyl (C=O) groups excluding carboxylic acids is 1. The second-order valence-corrected chi connectivity index (χ2v) is 8.65. The van der Waals surface area contributed by atoms with Gasteiger partial charge in [0.2, 0.25) is 0 Å². The molecule has 0 aliphatic heterocycles. The van der Waals surface area contributed by atoms with Crippen LogP contribution in [0.3, 0.4) is 0 Å². The molecule has 3 N–H and O–H groups in total. The first kappa shape index (κ1) is 31.9. The Morgan fingerprint density at radius 2 is 1.75 bits per heavy atom. The summed E-state index contributed by atoms with van der Waals surface area (Å²) in [6.45, 7) is 3.65. The molecule has 3 aromatic rings. The first-order valence-electron chi connectivity index (χ1n) is 11.8. The minimum Gasteiger partial charge on any atom is -0.397 e. The molecule has 216 valence electrons. The Kier molecular flexibility index (Phi) is 10.9. The van der Waals surface area contributed by atoms with Gasteiger partial charge < -0.3 is 10.6 Å². The van der Waals surface area contributed by atoms with Crippen LogP contribution in [-0.2, 0) is 12.1 Å². The van der Waals surface area contributed by atoms with Gasteiger partial charge in [-0.3, -0.25) is 9.59 Å². The van der Waals surface area contributed by atoms with Crippen molar-refractivity contribution in [3.8, 4) is 11.4 Å². The molecule has 0 aliphatic carbocycles. The zero-order valence-electron chi connectivity index (χ0n) is 21.8. The summed E-state index contributed by atoms with van der Waals surface area (Å²) in [4.78, 5) is 35.7. The van der Waals surface area contributed by atoms with Crippen molar-refractivity contribution < 1.29 is 31.1 Å². The van der Waals surface area contributed by atoms with Crippen molar-refractivity contribution in [1.29, 1.82) is 0 Å². The van der Waals surface area contributed by atoms with Crippen LogP contribution in [0.25, 0.3) is 11.4 Å². The molecule has 0 radical (unpaired) electrons. The van der Waals surface area contributed by atoms with Gasteiger partial charge in [0.1, 0.15) is 11.4 Å². The molecule has 0 spiro atoms. The number of nitrogens with one attached hydrogen (secondary N) is 1. The maximum absolute atomic E-state index is 14.4. The third-order valence-electron chi connectivity index (χ3n) is 5.32. The summed E-state index contributed by atoms with van der Waals surface area (Å²) in [5.74, 6) is -3.87. The Bertz CT molecular complexity index is 1370. The zero-order valence-corrected chi connectivity index (χ0v) is 21.8. The molecule has 40 heavy (non-hydrogen) atoms. The average molecular weight is 572 g/mol. The van der Waals surface area contributed by atoms with E-state index < -0.39 is 34.7 Å². The summed E-state index contributed by atoms with van der Waals surface area (Å²) in [6, 6.07) is 2.38. The number of nitrogen functional groups attached to an aromatic ring is 1. The lowest BCUT2D eigenvalue weighted by Gasteiger charge is -2.13. The van der Waals surface area contributed by atoms with Gasteiger partial charge in [-0.15, -0.1) is 0 Å². The summed E-state index contributed by atoms with van der Waals surface area (Å²) in [6.07, 6.45) is 3.22. The standard InChI is InChI=1S/C20H23F3N4O.C5H4F3N3O/c1-4-5-6-7-27(3)13-26-18-9-16(17(21)8-14(18)12-28)19-24-10-15(11-25-19)20(2,22)23;6-5(7,8)3-2(9)1-10-11-4(3)12/h8-13H,4-7H2,1-3H3;1H,(H3,9,11,12). The van der Waals surface area contributed by atoms with E-state index in [2.05, 4.69) is 27.0 Å². The van der Waals surface area contributed by atoms with E-state index in [1.54, 1.807) is 11.4 Å². The van der Waals surface area contributed by atoms with Crippen molar-refractivity contribution in [3.05, 3.63) is 63.6 Å². The Morgan fingerprint density at radius 3 is 2.25 bits per heavy atom. The Balaban J connectivity index is 0.000000389. The van der Waals surface area contributed by atoms with Gasteiger partial charge in [0.25, 0.3) is 11.5 Å². The molecular formula is C25H27F6N7O2. The van der Waals surface area contributed by atoms with E-state index in [1.165, 1.54) is 6.07 Å². The second kappa shape index (κ2) is 13.7. The molecule has 0 unspecified atom stereocenters. The number of aromatic amines is 1. The van der Waals surface area contributed by atoms with Crippen molar-refractivity contribution in [2.75, 3.05) is 19.3 Å². The Morgan fingerprint density at radius 1 is 1.10 bits per heavy atom. The molecule has 3 rings (SSSR count). The molecular weight excluding hydrogens is 544 g/mol. The SMILES string of the molecule is CCCCCN(C)C=Nc1cc(-c2ncc(C(C)(F)F)cn2)c(F)cc1C=O.Nc1cn[nH]c(=O)c1C(F)(F)F. The van der Waals surface area contributed by atoms with E-state index in [4.69, 9.17) is 5.73 Å². The number of carbonyl (C=O) groups is 1. The van der Waals surface area contributed by atoms with Gasteiger partial charge in [0.05, 0.1) is 35.0 Å². The van der Waals surface area contributed by atoms with Gasteiger partial charge in [-0.05, 0) is 18.6 Å². The van der Waals surface area contributed by atoms with Gasteiger partial charge >= 0.3 is 6.18 Å². The van der Waals surface area contributed by atoms with Crippen molar-refractivity contribution in [3.63, 3.8) is 0 Å². The third kappa shape index (κ3) is 8.88. The number of anilines is 1. The van der Waals surface area contributed by atoms with Gasteiger partial charge in [0.15, 0.2) is 12.1 Å². The quantitative estimate of drug-likeness (QED) is 0.116. The molecule has 0 aliphatic rings. The number of benzene rings is 1. The number of halogens is 6. The van der Waals surface area contributed by atoms with Crippen molar-refractivity contribution in [2.24, 2.45) is 4.99 Å². The monoisotopic (exact) mass is 571 g/mol. The molecule has 0 saturated heterocycles. The van der Waals surface area contributed by atoms with E-state index in [0.29, 0.717) is 6.29 Å². The molecule has 2 heterocycles. The smallest absolute Gasteiger partial charge is 0.397 e. The van der Waals surface area contributed by atoms with Crippen LogP contribution in [0.4, 0.5) is 37.7 Å². The number of aldehydes is 1. The number of hydrogen-bond donors (Lipinski definition) is 2. The van der Waals surface area contributed by atoms with Crippen LogP contribution in [0, 0.1) is 5.82 Å². The summed E-state index contributed by atoms with van der Waals surface area (Å²) in [5, 5.41) is 4.74. The number of unbranched alkanes of at least 4 members (excludes halogenated alkanes) is 2. The number of alkyl halides is 5. The highest BCUT2D eigenvalue weighted by Crippen LogP contribution is 2.31. The predicted octanol–water partition coefficient (Wildman–Crippen LogP) is 5.36. The lowest BCUT2D eigenvalue weighted by Crippen LogP contribution is -2.24. The highest BCUT2D eigenvalue weighted by molar-refractivity contribution is 5.86. The van der Waals surface area contributed by atoms with Gasteiger partial charge in [0, 0.05) is 38.5 Å². The summed E-state index contributed by atoms with van der Waals surface area (Å²) in [7, 11) is 1.86. The maximum Gasteiger partial charge on any atom is 0.423 e. The van der Waals surface area contributed by atoms with E-state index in [0.717, 1.165) is 57.4 Å². The normalized spacial score (nSPS) is 11.7. The molecule has 0 bridgehead atoms. The first-order chi connectivity index (χ1) is 18.7. The fourth-order valence-electron chi connectivity index (χ4n) is 3.18. The fourth-order valence-corrected chi connectivity index (χ4v) is 3.18. The van der Waals surface area contributed by atoms with E-state index >= 15 is 0 Å². The number of nitrogens with zero attached hydrogens (tertiary/aromatic N) is 5. The van der Waals surface area contributed by atoms with Crippen LogP contribution in [0.5, 0.6) is 0 Å². The van der Waals surface area contributed by atoms with E-state index in [1.807, 2.05) is 11.9 Å². The van der Waals surface area contributed by atoms with Crippen LogP contribution in [-0.4, -0.2) is 51.3 Å². The van der Waals surface area contributed by atoms with Crippen LogP contribution in [0.2, 0.25) is 0 Å². The van der Waals surface area contributed by atoms with Crippen molar-refractivity contribution in [2.45, 2.75) is 45.2 Å². The van der Waals surface area contributed by atoms with E-state index in [-0.39, 0.29) is 28.2 Å². The van der Waals surface area contributed by atoms with Gasteiger partial charge in [-0.1, -0.05) is 19.8 Å². The predicted molar refractivity (Wildman–Crippen MR) is 137 cm³/mol. The molecule has 2 aromatic heterocycles. The summed E-state index contributed by atoms with van der Waals surface area (Å²) < 4.78 is 76.9. The number of aliphatic imine (C=N–C) groups is 1. The van der Waals surface area contributed by atoms with Crippen molar-refractivity contribution >= 4 is 24.0 Å². The number of aromatic nitrogens is 4. The number of nitrogens with two attached hydrogens (primary N) is 1. The summed E-state index contributed by atoms with van der Waals surface area (Å²) >= 11 is 0. The highest BCUT2D eigenvalue weighted by atomic mass is 19.4. The van der Waals surface area contributed by atoms with Crippen molar-refractivity contribution in [1.82, 2.24) is 25.1 Å². The average Bonchev–Trinajstić information content (AvgIpc) is 2.87. The summed E-state index contributed by atoms with van der Waals surface area (Å²) in [5.41, 5.74) is 1.44. The topological polar surface area (TPSA) is 130 Å². The van der Waals surface area contributed by atoms with E-state index in [9.17, 15) is 35.9 Å². The Hall–Kier alpha value is -4.30. The first-order valence-corrected chi connectivity index (χ1v) is 11.8. The Labute approximate surface area is 225 Å². The zero-order chi connectivity index (χ0) is 30.1. The second-order valence-electron chi connectivity index (χ2n) is 8.65. The number of rotatable bonds is 9. The molecule has 1 aromatic carbocycles. The molecule has 15 heteroatoms. The molecule has 0 atom stereocenters. The minimum atomic E-state index is -4.74. The maximum atomic E-state index is 14.4. The van der Waals surface area contributed by atoms with Gasteiger partial charge in [-0.2, -0.15) is 18.3 Å². The third-order valence-corrected chi connectivity index (χ3v) is 5.32. The molecule has 0 fully saturated rings. The van der Waals surface area contributed by atoms with Crippen LogP contribution in [0.1, 0.15) is 54.6 Å². The minimum absolute atomic E-state index is 0.0163. The van der Waals surface area contributed by atoms with Crippen LogP contribution in [0.15, 0.2) is 40.5 Å². The lowest BCUT2D eigenvalue weighted by molar-refractivity contribution is -0.138. The lowest BCUT2D eigenvalue weighted by atomic mass is 10.1. The van der Waals surface area contributed by atoms with Gasteiger partial charge in [-0.25, -0.2) is 33.2 Å². The molecule has 9 nitrogen and oxygen atoms in total. The highest BCUT2D eigenvalue weighted by Gasteiger charge is 2.36. The number of hydrogen-bond acceptors (Lipinski definition) is 7.